The molecule has 4 aliphatic rings. The van der Waals surface area contributed by atoms with E-state index in [1.165, 1.54) is 0 Å². The monoisotopic (exact) mass is 360 g/mol. The topological polar surface area (TPSA) is 60.2 Å². The summed E-state index contributed by atoms with van der Waals surface area (Å²) in [6.45, 7) is 4.83. The molecule has 2 unspecified atom stereocenters. The van der Waals surface area contributed by atoms with Crippen molar-refractivity contribution >= 4 is 5.91 Å². The highest BCUT2D eigenvalue weighted by Gasteiger charge is 2.46. The van der Waals surface area contributed by atoms with Crippen molar-refractivity contribution in [3.8, 4) is 11.5 Å². The molecule has 1 aromatic rings. The second-order valence-corrected chi connectivity index (χ2v) is 7.42. The quantitative estimate of drug-likeness (QED) is 0.759. The van der Waals surface area contributed by atoms with Crippen molar-refractivity contribution in [2.45, 2.75) is 37.6 Å². The summed E-state index contributed by atoms with van der Waals surface area (Å²) in [5.41, 5.74) is 1.14. The van der Waals surface area contributed by atoms with E-state index >= 15 is 0 Å². The van der Waals surface area contributed by atoms with Crippen LogP contribution in [0, 0.1) is 0 Å². The van der Waals surface area contributed by atoms with Crippen LogP contribution in [0.2, 0.25) is 0 Å². The summed E-state index contributed by atoms with van der Waals surface area (Å²) in [6.07, 6.45) is 2.50. The predicted octanol–water partition coefficient (Wildman–Crippen LogP) is 1.36. The summed E-state index contributed by atoms with van der Waals surface area (Å²) in [4.78, 5) is 16.9. The highest BCUT2D eigenvalue weighted by atomic mass is 16.7. The molecule has 0 aromatic heterocycles. The fraction of sp³-hybridized carbons (Fsp3) is 0.632. The molecular formula is C19H24N2O5. The standard InChI is InChI=1S/C19H24N2O5/c22-18(20-6-4-19(5-7-20)25-8-1-9-26-19)15-12-21(15)11-14-2-3-16-17(10-14)24-13-23-16/h2-3,10,15H,1,4-9,11-13H2. The number of nitrogens with zero attached hydrogens (tertiary/aromatic N) is 2. The minimum Gasteiger partial charge on any atom is -0.454 e. The smallest absolute Gasteiger partial charge is 0.241 e. The van der Waals surface area contributed by atoms with E-state index in [0.29, 0.717) is 13.1 Å². The first-order chi connectivity index (χ1) is 12.7. The lowest BCUT2D eigenvalue weighted by Gasteiger charge is -2.43. The molecule has 3 saturated heterocycles. The van der Waals surface area contributed by atoms with Crippen molar-refractivity contribution < 1.29 is 23.7 Å². The SMILES string of the molecule is O=C(C1CN1Cc1ccc2c(c1)OCO2)N1CCC2(CC1)OCCCO2. The Hall–Kier alpha value is -1.83. The van der Waals surface area contributed by atoms with Crippen LogP contribution in [0.4, 0.5) is 0 Å². The van der Waals surface area contributed by atoms with Gasteiger partial charge in [0.1, 0.15) is 6.04 Å². The molecule has 3 fully saturated rings. The Morgan fingerprint density at radius 2 is 1.88 bits per heavy atom. The number of ether oxygens (including phenoxy) is 4. The third-order valence-corrected chi connectivity index (χ3v) is 5.68. The summed E-state index contributed by atoms with van der Waals surface area (Å²) in [5.74, 6) is 1.38. The maximum absolute atomic E-state index is 12.8. The van der Waals surface area contributed by atoms with Crippen molar-refractivity contribution in [3.05, 3.63) is 23.8 Å². The van der Waals surface area contributed by atoms with Gasteiger partial charge >= 0.3 is 0 Å². The van der Waals surface area contributed by atoms with Crippen molar-refractivity contribution in [1.29, 1.82) is 0 Å². The van der Waals surface area contributed by atoms with Gasteiger partial charge in [-0.2, -0.15) is 0 Å². The van der Waals surface area contributed by atoms with Gasteiger partial charge in [-0.1, -0.05) is 6.07 Å². The van der Waals surface area contributed by atoms with Crippen LogP contribution in [0.25, 0.3) is 0 Å². The van der Waals surface area contributed by atoms with Crippen LogP contribution in [-0.2, 0) is 20.8 Å². The van der Waals surface area contributed by atoms with E-state index < -0.39 is 5.79 Å². The van der Waals surface area contributed by atoms with E-state index in [-0.39, 0.29) is 18.7 Å². The summed E-state index contributed by atoms with van der Waals surface area (Å²) < 4.78 is 22.5. The van der Waals surface area contributed by atoms with Crippen LogP contribution in [0.3, 0.4) is 0 Å². The molecular weight excluding hydrogens is 336 g/mol. The van der Waals surface area contributed by atoms with Crippen LogP contribution in [0.5, 0.6) is 11.5 Å². The van der Waals surface area contributed by atoms with Gasteiger partial charge in [0.2, 0.25) is 12.7 Å². The molecule has 2 atom stereocenters. The van der Waals surface area contributed by atoms with Crippen LogP contribution < -0.4 is 9.47 Å². The molecule has 1 amide bonds. The molecule has 140 valence electrons. The fourth-order valence-electron chi connectivity index (χ4n) is 4.04. The molecule has 1 aromatic carbocycles. The second kappa shape index (κ2) is 6.40. The lowest BCUT2D eigenvalue weighted by atomic mass is 10.0. The third-order valence-electron chi connectivity index (χ3n) is 5.68. The number of carbonyl (C=O) groups is 1. The van der Waals surface area contributed by atoms with Gasteiger partial charge < -0.3 is 23.8 Å². The minimum absolute atomic E-state index is 0.00247. The van der Waals surface area contributed by atoms with Crippen molar-refractivity contribution in [2.75, 3.05) is 39.6 Å². The predicted molar refractivity (Wildman–Crippen MR) is 91.8 cm³/mol. The Morgan fingerprint density at radius 1 is 1.12 bits per heavy atom. The highest BCUT2D eigenvalue weighted by Crippen LogP contribution is 2.35. The van der Waals surface area contributed by atoms with Gasteiger partial charge in [0, 0.05) is 39.0 Å². The molecule has 7 heteroatoms. The van der Waals surface area contributed by atoms with E-state index in [1.807, 2.05) is 23.1 Å². The summed E-state index contributed by atoms with van der Waals surface area (Å²) >= 11 is 0. The zero-order valence-corrected chi connectivity index (χ0v) is 14.8. The number of hydrogen-bond acceptors (Lipinski definition) is 6. The molecule has 0 saturated carbocycles. The molecule has 1 spiro atoms. The van der Waals surface area contributed by atoms with Crippen molar-refractivity contribution in [2.24, 2.45) is 0 Å². The van der Waals surface area contributed by atoms with Gasteiger partial charge in [-0.25, -0.2) is 0 Å². The van der Waals surface area contributed by atoms with E-state index in [0.717, 1.165) is 62.6 Å². The average molecular weight is 360 g/mol. The molecule has 7 nitrogen and oxygen atoms in total. The first-order valence-electron chi connectivity index (χ1n) is 9.42. The molecule has 4 aliphatic heterocycles. The van der Waals surface area contributed by atoms with Gasteiger partial charge in [-0.3, -0.25) is 9.69 Å². The molecule has 4 heterocycles. The first kappa shape index (κ1) is 16.4. The summed E-state index contributed by atoms with van der Waals surface area (Å²) in [7, 11) is 0. The maximum atomic E-state index is 12.8. The average Bonchev–Trinajstić information content (AvgIpc) is 3.27. The van der Waals surface area contributed by atoms with Crippen LogP contribution in [-0.4, -0.2) is 67.2 Å². The Balaban J connectivity index is 1.14. The van der Waals surface area contributed by atoms with Gasteiger partial charge in [0.25, 0.3) is 0 Å². The molecule has 0 bridgehead atoms. The lowest BCUT2D eigenvalue weighted by Crippen LogP contribution is -2.52. The molecule has 0 radical (unpaired) electrons. The number of rotatable bonds is 3. The Kier molecular flexibility index (Phi) is 4.03. The van der Waals surface area contributed by atoms with Gasteiger partial charge in [-0.05, 0) is 24.1 Å². The lowest BCUT2D eigenvalue weighted by molar-refractivity contribution is -0.282. The first-order valence-corrected chi connectivity index (χ1v) is 9.42. The second-order valence-electron chi connectivity index (χ2n) is 7.42. The minimum atomic E-state index is -0.440. The maximum Gasteiger partial charge on any atom is 0.241 e. The van der Waals surface area contributed by atoms with E-state index in [4.69, 9.17) is 18.9 Å². The van der Waals surface area contributed by atoms with Crippen LogP contribution >= 0.6 is 0 Å². The van der Waals surface area contributed by atoms with Crippen LogP contribution in [0.1, 0.15) is 24.8 Å². The van der Waals surface area contributed by atoms with Crippen molar-refractivity contribution in [3.63, 3.8) is 0 Å². The number of likely N-dealkylation sites (tertiary alicyclic amines) is 1. The van der Waals surface area contributed by atoms with E-state index in [1.54, 1.807) is 0 Å². The Labute approximate surface area is 152 Å². The highest BCUT2D eigenvalue weighted by molar-refractivity contribution is 5.84. The normalized spacial score (nSPS) is 29.0. The summed E-state index contributed by atoms with van der Waals surface area (Å²) in [6, 6.07) is 5.98. The molecule has 0 aliphatic carbocycles. The molecule has 0 N–H and O–H groups in total. The zero-order chi connectivity index (χ0) is 17.6. The molecule has 26 heavy (non-hydrogen) atoms. The van der Waals surface area contributed by atoms with Crippen LogP contribution in [0.15, 0.2) is 18.2 Å². The number of amides is 1. The van der Waals surface area contributed by atoms with Gasteiger partial charge in [0.15, 0.2) is 17.3 Å². The number of hydrogen-bond donors (Lipinski definition) is 0. The zero-order valence-electron chi connectivity index (χ0n) is 14.8. The Bertz CT molecular complexity index is 693. The number of piperidine rings is 1. The van der Waals surface area contributed by atoms with E-state index in [2.05, 4.69) is 4.90 Å². The third kappa shape index (κ3) is 3.04. The largest absolute Gasteiger partial charge is 0.454 e. The number of fused-ring (bicyclic) bond motifs is 1. The summed E-state index contributed by atoms with van der Waals surface area (Å²) in [5, 5.41) is 0. The Morgan fingerprint density at radius 3 is 2.69 bits per heavy atom. The van der Waals surface area contributed by atoms with E-state index in [9.17, 15) is 4.79 Å². The van der Waals surface area contributed by atoms with Gasteiger partial charge in [0.05, 0.1) is 13.2 Å². The number of benzene rings is 1. The number of carbonyl (C=O) groups excluding carboxylic acids is 1. The molecule has 5 rings (SSSR count). The van der Waals surface area contributed by atoms with Crippen molar-refractivity contribution in [1.82, 2.24) is 9.80 Å². The fourth-order valence-corrected chi connectivity index (χ4v) is 4.04. The van der Waals surface area contributed by atoms with Gasteiger partial charge in [-0.15, -0.1) is 0 Å².